The van der Waals surface area contributed by atoms with Gasteiger partial charge in [-0.15, -0.1) is 0 Å². The predicted octanol–water partition coefficient (Wildman–Crippen LogP) is 4.69. The molecule has 2 aromatic carbocycles. The predicted molar refractivity (Wildman–Crippen MR) is 132 cm³/mol. The van der Waals surface area contributed by atoms with Gasteiger partial charge in [0.2, 0.25) is 0 Å². The molecule has 1 aromatic heterocycles. The van der Waals surface area contributed by atoms with Crippen molar-refractivity contribution in [3.63, 3.8) is 0 Å². The van der Waals surface area contributed by atoms with Gasteiger partial charge in [-0.2, -0.15) is 5.10 Å². The Morgan fingerprint density at radius 3 is 2.21 bits per heavy atom. The third kappa shape index (κ3) is 4.69. The van der Waals surface area contributed by atoms with Crippen molar-refractivity contribution in [1.82, 2.24) is 19.6 Å². The Morgan fingerprint density at radius 1 is 0.853 bits per heavy atom. The van der Waals surface area contributed by atoms with Gasteiger partial charge in [-0.05, 0) is 75.1 Å². The summed E-state index contributed by atoms with van der Waals surface area (Å²) in [5.74, 6) is -0.0907. The van der Waals surface area contributed by atoms with Gasteiger partial charge in [-0.1, -0.05) is 24.3 Å². The number of hydrogen-bond acceptors (Lipinski definition) is 4. The number of benzene rings is 2. The first-order chi connectivity index (χ1) is 16.3. The zero-order valence-electron chi connectivity index (χ0n) is 20.6. The van der Waals surface area contributed by atoms with Crippen LogP contribution in [0.25, 0.3) is 16.9 Å². The second kappa shape index (κ2) is 9.71. The van der Waals surface area contributed by atoms with Crippen LogP contribution in [0.4, 0.5) is 4.79 Å². The van der Waals surface area contributed by atoms with Gasteiger partial charge in [0, 0.05) is 31.7 Å². The number of carbonyl (C=O) groups is 2. The first kappa shape index (κ1) is 23.5. The SMILES string of the molecule is CCOC(=O)N1CCN(C(=O)c2cc(-c3ccc(C)c(C)c3)nn2-c2cc(C)ccc2C)CC1. The monoisotopic (exact) mass is 460 g/mol. The number of amides is 2. The molecule has 0 bridgehead atoms. The maximum Gasteiger partial charge on any atom is 0.409 e. The Morgan fingerprint density at radius 2 is 1.53 bits per heavy atom. The van der Waals surface area contributed by atoms with Gasteiger partial charge in [0.15, 0.2) is 0 Å². The highest BCUT2D eigenvalue weighted by Crippen LogP contribution is 2.26. The Labute approximate surface area is 200 Å². The Bertz CT molecular complexity index is 1220. The van der Waals surface area contributed by atoms with E-state index in [-0.39, 0.29) is 12.0 Å². The molecule has 0 saturated carbocycles. The van der Waals surface area contributed by atoms with Crippen LogP contribution in [0, 0.1) is 27.7 Å². The van der Waals surface area contributed by atoms with E-state index in [0.717, 1.165) is 28.1 Å². The smallest absolute Gasteiger partial charge is 0.409 e. The molecule has 7 heteroatoms. The standard InChI is InChI=1S/C27H32N4O3/c1-6-34-27(33)30-13-11-29(12-14-30)26(32)25-17-23(22-10-9-19(3)21(5)16-22)28-31(25)24-15-18(2)7-8-20(24)4/h7-10,15-17H,6,11-14H2,1-5H3. The summed E-state index contributed by atoms with van der Waals surface area (Å²) in [5, 5.41) is 4.89. The molecular formula is C27H32N4O3. The van der Waals surface area contributed by atoms with Gasteiger partial charge in [0.1, 0.15) is 5.69 Å². The van der Waals surface area contributed by atoms with Crippen molar-refractivity contribution in [2.75, 3.05) is 32.8 Å². The highest BCUT2D eigenvalue weighted by atomic mass is 16.6. The van der Waals surface area contributed by atoms with Gasteiger partial charge in [0.25, 0.3) is 5.91 Å². The molecule has 4 rings (SSSR count). The third-order valence-corrected chi connectivity index (χ3v) is 6.42. The molecule has 1 aliphatic rings. The minimum atomic E-state index is -0.327. The summed E-state index contributed by atoms with van der Waals surface area (Å²) in [5.41, 5.74) is 7.70. The fraction of sp³-hybridized carbons (Fsp3) is 0.370. The topological polar surface area (TPSA) is 67.7 Å². The van der Waals surface area contributed by atoms with Crippen molar-refractivity contribution in [2.45, 2.75) is 34.6 Å². The van der Waals surface area contributed by atoms with Crippen LogP contribution in [0.1, 0.15) is 39.7 Å². The zero-order chi connectivity index (χ0) is 24.4. The van der Waals surface area contributed by atoms with Crippen LogP contribution >= 0.6 is 0 Å². The molecule has 7 nitrogen and oxygen atoms in total. The van der Waals surface area contributed by atoms with Crippen LogP contribution in [0.5, 0.6) is 0 Å². The molecule has 1 saturated heterocycles. The number of rotatable bonds is 4. The maximum atomic E-state index is 13.7. The van der Waals surface area contributed by atoms with Crippen molar-refractivity contribution < 1.29 is 14.3 Å². The highest BCUT2D eigenvalue weighted by Gasteiger charge is 2.28. The normalized spacial score (nSPS) is 13.8. The number of aryl methyl sites for hydroxylation is 4. The van der Waals surface area contributed by atoms with Gasteiger partial charge in [-0.3, -0.25) is 4.79 Å². The average Bonchev–Trinajstić information content (AvgIpc) is 3.27. The minimum absolute atomic E-state index is 0.0907. The quantitative estimate of drug-likeness (QED) is 0.567. The summed E-state index contributed by atoms with van der Waals surface area (Å²) >= 11 is 0. The Kier molecular flexibility index (Phi) is 6.72. The first-order valence-electron chi connectivity index (χ1n) is 11.7. The second-order valence-electron chi connectivity index (χ2n) is 8.89. The number of nitrogens with zero attached hydrogens (tertiary/aromatic N) is 4. The fourth-order valence-corrected chi connectivity index (χ4v) is 4.18. The molecule has 0 N–H and O–H groups in total. The van der Waals surface area contributed by atoms with Gasteiger partial charge in [-0.25, -0.2) is 9.48 Å². The minimum Gasteiger partial charge on any atom is -0.450 e. The molecule has 2 heterocycles. The molecule has 0 unspecified atom stereocenters. The lowest BCUT2D eigenvalue weighted by Gasteiger charge is -2.34. The van der Waals surface area contributed by atoms with Crippen LogP contribution in [0.3, 0.4) is 0 Å². The van der Waals surface area contributed by atoms with Crippen LogP contribution in [-0.2, 0) is 4.74 Å². The summed E-state index contributed by atoms with van der Waals surface area (Å²) in [6.07, 6.45) is -0.327. The molecule has 34 heavy (non-hydrogen) atoms. The van der Waals surface area contributed by atoms with E-state index >= 15 is 0 Å². The van der Waals surface area contributed by atoms with Crippen molar-refractivity contribution >= 4 is 12.0 Å². The number of hydrogen-bond donors (Lipinski definition) is 0. The summed E-state index contributed by atoms with van der Waals surface area (Å²) in [6.45, 7) is 12.2. The third-order valence-electron chi connectivity index (χ3n) is 6.42. The van der Waals surface area contributed by atoms with E-state index in [1.807, 2.05) is 26.0 Å². The molecule has 2 amide bonds. The van der Waals surface area contributed by atoms with E-state index in [0.29, 0.717) is 38.5 Å². The maximum absolute atomic E-state index is 13.7. The van der Waals surface area contributed by atoms with E-state index in [1.54, 1.807) is 21.4 Å². The molecule has 0 spiro atoms. The van der Waals surface area contributed by atoms with Gasteiger partial charge >= 0.3 is 6.09 Å². The number of carbonyl (C=O) groups excluding carboxylic acids is 2. The lowest BCUT2D eigenvalue weighted by atomic mass is 10.0. The molecule has 3 aromatic rings. The van der Waals surface area contributed by atoms with Crippen LogP contribution < -0.4 is 0 Å². The first-order valence-corrected chi connectivity index (χ1v) is 11.7. The van der Waals surface area contributed by atoms with Crippen LogP contribution in [-0.4, -0.2) is 64.4 Å². The van der Waals surface area contributed by atoms with Gasteiger partial charge in [0.05, 0.1) is 18.0 Å². The lowest BCUT2D eigenvalue weighted by Crippen LogP contribution is -2.51. The van der Waals surface area contributed by atoms with Crippen molar-refractivity contribution in [2.24, 2.45) is 0 Å². The highest BCUT2D eigenvalue weighted by molar-refractivity contribution is 5.94. The molecule has 0 radical (unpaired) electrons. The lowest BCUT2D eigenvalue weighted by molar-refractivity contribution is 0.0563. The molecular weight excluding hydrogens is 428 g/mol. The molecule has 1 fully saturated rings. The summed E-state index contributed by atoms with van der Waals surface area (Å²) < 4.78 is 6.87. The summed E-state index contributed by atoms with van der Waals surface area (Å²) in [4.78, 5) is 29.2. The van der Waals surface area contributed by atoms with E-state index in [2.05, 4.69) is 44.2 Å². The van der Waals surface area contributed by atoms with Gasteiger partial charge < -0.3 is 14.5 Å². The zero-order valence-corrected chi connectivity index (χ0v) is 20.6. The van der Waals surface area contributed by atoms with Crippen molar-refractivity contribution in [3.05, 3.63) is 70.4 Å². The second-order valence-corrected chi connectivity index (χ2v) is 8.89. The average molecular weight is 461 g/mol. The summed E-state index contributed by atoms with van der Waals surface area (Å²) in [6, 6.07) is 14.3. The molecule has 1 aliphatic heterocycles. The molecule has 178 valence electrons. The number of aromatic nitrogens is 2. The van der Waals surface area contributed by atoms with Crippen LogP contribution in [0.15, 0.2) is 42.5 Å². The molecule has 0 aliphatic carbocycles. The molecule has 0 atom stereocenters. The van der Waals surface area contributed by atoms with E-state index in [4.69, 9.17) is 9.84 Å². The van der Waals surface area contributed by atoms with Crippen molar-refractivity contribution in [3.8, 4) is 16.9 Å². The van der Waals surface area contributed by atoms with Crippen molar-refractivity contribution in [1.29, 1.82) is 0 Å². The number of piperazine rings is 1. The van der Waals surface area contributed by atoms with E-state index < -0.39 is 0 Å². The number of ether oxygens (including phenoxy) is 1. The van der Waals surface area contributed by atoms with Crippen LogP contribution in [0.2, 0.25) is 0 Å². The largest absolute Gasteiger partial charge is 0.450 e. The Balaban J connectivity index is 1.70. The fourth-order valence-electron chi connectivity index (χ4n) is 4.18. The summed E-state index contributed by atoms with van der Waals surface area (Å²) in [7, 11) is 0. The van der Waals surface area contributed by atoms with E-state index in [1.165, 1.54) is 11.1 Å². The Hall–Kier alpha value is -3.61. The van der Waals surface area contributed by atoms with E-state index in [9.17, 15) is 9.59 Å².